The molecular formula is C13H16ClN3O. The maximum Gasteiger partial charge on any atom is 0.201 e. The molecule has 1 saturated heterocycles. The van der Waals surface area contributed by atoms with Crippen LogP contribution in [0.15, 0.2) is 18.2 Å². The third kappa shape index (κ3) is 1.85. The zero-order valence-corrected chi connectivity index (χ0v) is 11.0. The summed E-state index contributed by atoms with van der Waals surface area (Å²) in [6.45, 7) is 3.79. The molecular weight excluding hydrogens is 250 g/mol. The third-order valence-corrected chi connectivity index (χ3v) is 3.97. The van der Waals surface area contributed by atoms with E-state index in [2.05, 4.69) is 16.5 Å². The molecule has 0 radical (unpaired) electrons. The largest absolute Gasteiger partial charge is 0.381 e. The van der Waals surface area contributed by atoms with E-state index in [0.29, 0.717) is 16.9 Å². The summed E-state index contributed by atoms with van der Waals surface area (Å²) in [7, 11) is 0. The minimum Gasteiger partial charge on any atom is -0.381 e. The van der Waals surface area contributed by atoms with E-state index in [1.807, 2.05) is 18.2 Å². The highest BCUT2D eigenvalue weighted by molar-refractivity contribution is 6.31. The van der Waals surface area contributed by atoms with Crippen molar-refractivity contribution in [2.75, 3.05) is 18.9 Å². The number of hydrogen-bond acceptors (Lipinski definition) is 3. The fourth-order valence-corrected chi connectivity index (χ4v) is 2.82. The number of nitrogens with two attached hydrogens (primary N) is 1. The van der Waals surface area contributed by atoms with Crippen molar-refractivity contribution in [1.29, 1.82) is 0 Å². The van der Waals surface area contributed by atoms with Gasteiger partial charge in [-0.2, -0.15) is 0 Å². The van der Waals surface area contributed by atoms with Gasteiger partial charge in [0.1, 0.15) is 0 Å². The van der Waals surface area contributed by atoms with E-state index in [4.69, 9.17) is 22.1 Å². The third-order valence-electron chi connectivity index (χ3n) is 3.73. The lowest BCUT2D eigenvalue weighted by molar-refractivity contribution is 0.176. The van der Waals surface area contributed by atoms with Crippen molar-refractivity contribution in [3.63, 3.8) is 0 Å². The first kappa shape index (κ1) is 11.8. The number of rotatable bonds is 2. The van der Waals surface area contributed by atoms with Crippen LogP contribution in [0.1, 0.15) is 19.4 Å². The van der Waals surface area contributed by atoms with Crippen molar-refractivity contribution in [2.24, 2.45) is 5.92 Å². The number of anilines is 1. The fraction of sp³-hybridized carbons (Fsp3) is 0.462. The molecule has 0 amide bonds. The molecule has 2 aromatic rings. The SMILES string of the molecule is CC(C1CCOC1)n1c(N)nc2ccc(Cl)cc21. The van der Waals surface area contributed by atoms with Crippen LogP contribution in [-0.4, -0.2) is 22.8 Å². The second-order valence-corrected chi connectivity index (χ2v) is 5.27. The van der Waals surface area contributed by atoms with Crippen molar-refractivity contribution in [3.8, 4) is 0 Å². The lowest BCUT2D eigenvalue weighted by Crippen LogP contribution is -2.18. The van der Waals surface area contributed by atoms with Gasteiger partial charge in [0, 0.05) is 23.6 Å². The van der Waals surface area contributed by atoms with Crippen LogP contribution in [0.4, 0.5) is 5.95 Å². The normalized spacial score (nSPS) is 21.6. The molecule has 0 aliphatic carbocycles. The zero-order chi connectivity index (χ0) is 12.7. The van der Waals surface area contributed by atoms with Crippen LogP contribution in [0.3, 0.4) is 0 Å². The zero-order valence-electron chi connectivity index (χ0n) is 10.3. The van der Waals surface area contributed by atoms with Crippen LogP contribution >= 0.6 is 11.6 Å². The predicted octanol–water partition coefficient (Wildman–Crippen LogP) is 2.87. The molecule has 0 spiro atoms. The molecule has 2 N–H and O–H groups in total. The molecule has 1 aliphatic rings. The fourth-order valence-electron chi connectivity index (χ4n) is 2.66. The van der Waals surface area contributed by atoms with Gasteiger partial charge in [-0.25, -0.2) is 4.98 Å². The van der Waals surface area contributed by atoms with Crippen molar-refractivity contribution in [1.82, 2.24) is 9.55 Å². The second-order valence-electron chi connectivity index (χ2n) is 4.84. The molecule has 5 heteroatoms. The van der Waals surface area contributed by atoms with E-state index in [1.165, 1.54) is 0 Å². The van der Waals surface area contributed by atoms with Gasteiger partial charge in [-0.1, -0.05) is 11.6 Å². The lowest BCUT2D eigenvalue weighted by Gasteiger charge is -2.21. The first-order valence-electron chi connectivity index (χ1n) is 6.17. The maximum absolute atomic E-state index is 6.06. The maximum atomic E-state index is 6.06. The van der Waals surface area contributed by atoms with Gasteiger partial charge in [0.15, 0.2) is 0 Å². The highest BCUT2D eigenvalue weighted by Crippen LogP contribution is 2.32. The van der Waals surface area contributed by atoms with E-state index in [-0.39, 0.29) is 6.04 Å². The summed E-state index contributed by atoms with van der Waals surface area (Å²) in [6, 6.07) is 5.94. The number of nitrogens with zero attached hydrogens (tertiary/aromatic N) is 2. The van der Waals surface area contributed by atoms with Crippen molar-refractivity contribution >= 4 is 28.6 Å². The summed E-state index contributed by atoms with van der Waals surface area (Å²) in [6.07, 6.45) is 1.07. The Balaban J connectivity index is 2.09. The Morgan fingerprint density at radius 3 is 3.11 bits per heavy atom. The van der Waals surface area contributed by atoms with Crippen LogP contribution in [0.5, 0.6) is 0 Å². The monoisotopic (exact) mass is 265 g/mol. The van der Waals surface area contributed by atoms with Crippen LogP contribution in [0.2, 0.25) is 5.02 Å². The Hall–Kier alpha value is -1.26. The number of fused-ring (bicyclic) bond motifs is 1. The molecule has 2 heterocycles. The molecule has 1 aromatic heterocycles. The van der Waals surface area contributed by atoms with Gasteiger partial charge in [-0.15, -0.1) is 0 Å². The molecule has 1 fully saturated rings. The lowest BCUT2D eigenvalue weighted by atomic mass is 10.0. The standard InChI is InChI=1S/C13H16ClN3O/c1-8(9-4-5-18-7-9)17-12-6-10(14)2-3-11(12)16-13(17)15/h2-3,6,8-9H,4-5,7H2,1H3,(H2,15,16). The summed E-state index contributed by atoms with van der Waals surface area (Å²) in [5.41, 5.74) is 7.93. The van der Waals surface area contributed by atoms with E-state index in [0.717, 1.165) is 30.7 Å². The molecule has 1 aliphatic heterocycles. The summed E-state index contributed by atoms with van der Waals surface area (Å²) >= 11 is 6.06. The van der Waals surface area contributed by atoms with Gasteiger partial charge in [0.2, 0.25) is 5.95 Å². The summed E-state index contributed by atoms with van der Waals surface area (Å²) in [5, 5.41) is 0.707. The van der Waals surface area contributed by atoms with Crippen molar-refractivity contribution in [3.05, 3.63) is 23.2 Å². The molecule has 96 valence electrons. The average Bonchev–Trinajstić information content (AvgIpc) is 2.94. The van der Waals surface area contributed by atoms with Gasteiger partial charge in [-0.05, 0) is 31.5 Å². The van der Waals surface area contributed by atoms with Crippen molar-refractivity contribution in [2.45, 2.75) is 19.4 Å². The predicted molar refractivity (Wildman–Crippen MR) is 72.8 cm³/mol. The number of aromatic nitrogens is 2. The molecule has 1 aromatic carbocycles. The number of hydrogen-bond donors (Lipinski definition) is 1. The van der Waals surface area contributed by atoms with Crippen LogP contribution in [0.25, 0.3) is 11.0 Å². The molecule has 2 atom stereocenters. The molecule has 0 saturated carbocycles. The Morgan fingerprint density at radius 1 is 1.56 bits per heavy atom. The van der Waals surface area contributed by atoms with E-state index >= 15 is 0 Å². The second kappa shape index (κ2) is 4.44. The smallest absolute Gasteiger partial charge is 0.201 e. The number of benzene rings is 1. The van der Waals surface area contributed by atoms with E-state index < -0.39 is 0 Å². The van der Waals surface area contributed by atoms with Crippen LogP contribution in [0, 0.1) is 5.92 Å². The van der Waals surface area contributed by atoms with Gasteiger partial charge in [0.05, 0.1) is 17.6 Å². The number of imidazole rings is 1. The van der Waals surface area contributed by atoms with Crippen LogP contribution < -0.4 is 5.73 Å². The Bertz CT molecular complexity index is 575. The Labute approximate surface area is 111 Å². The highest BCUT2D eigenvalue weighted by atomic mass is 35.5. The number of nitrogen functional groups attached to an aromatic ring is 1. The Morgan fingerprint density at radius 2 is 2.39 bits per heavy atom. The minimum atomic E-state index is 0.274. The minimum absolute atomic E-state index is 0.274. The molecule has 4 nitrogen and oxygen atoms in total. The number of halogens is 1. The van der Waals surface area contributed by atoms with E-state index in [9.17, 15) is 0 Å². The quantitative estimate of drug-likeness (QED) is 0.908. The summed E-state index contributed by atoms with van der Waals surface area (Å²) in [5.74, 6) is 1.04. The topological polar surface area (TPSA) is 53.1 Å². The molecule has 0 bridgehead atoms. The molecule has 3 rings (SSSR count). The summed E-state index contributed by atoms with van der Waals surface area (Å²) < 4.78 is 7.52. The first-order valence-corrected chi connectivity index (χ1v) is 6.55. The first-order chi connectivity index (χ1) is 8.66. The average molecular weight is 266 g/mol. The van der Waals surface area contributed by atoms with Gasteiger partial charge in [0.25, 0.3) is 0 Å². The molecule has 18 heavy (non-hydrogen) atoms. The number of ether oxygens (including phenoxy) is 1. The highest BCUT2D eigenvalue weighted by Gasteiger charge is 2.26. The van der Waals surface area contributed by atoms with Gasteiger partial charge >= 0.3 is 0 Å². The van der Waals surface area contributed by atoms with Crippen LogP contribution in [-0.2, 0) is 4.74 Å². The van der Waals surface area contributed by atoms with Gasteiger partial charge in [-0.3, -0.25) is 0 Å². The van der Waals surface area contributed by atoms with E-state index in [1.54, 1.807) is 0 Å². The molecule has 2 unspecified atom stereocenters. The Kier molecular flexibility index (Phi) is 2.92. The van der Waals surface area contributed by atoms with Gasteiger partial charge < -0.3 is 15.0 Å². The summed E-state index contributed by atoms with van der Waals surface area (Å²) in [4.78, 5) is 4.39. The van der Waals surface area contributed by atoms with Crippen molar-refractivity contribution < 1.29 is 4.74 Å².